The summed E-state index contributed by atoms with van der Waals surface area (Å²) < 4.78 is 37.9. The van der Waals surface area contributed by atoms with Crippen LogP contribution < -0.4 is 10.2 Å². The predicted octanol–water partition coefficient (Wildman–Crippen LogP) is 2.10. The van der Waals surface area contributed by atoms with E-state index in [1.165, 1.54) is 23.5 Å². The first-order valence-corrected chi connectivity index (χ1v) is 7.20. The van der Waals surface area contributed by atoms with Crippen LogP contribution in [-0.2, 0) is 11.0 Å². The molecule has 0 bridgehead atoms. The average Bonchev–Trinajstić information content (AvgIpc) is 2.47. The molecule has 1 atom stereocenters. The van der Waals surface area contributed by atoms with Crippen LogP contribution in [0.4, 0.5) is 18.9 Å². The molecule has 116 valence electrons. The van der Waals surface area contributed by atoms with E-state index in [-0.39, 0.29) is 17.6 Å². The van der Waals surface area contributed by atoms with Crippen LogP contribution in [0.3, 0.4) is 0 Å². The van der Waals surface area contributed by atoms with Crippen molar-refractivity contribution in [3.05, 3.63) is 29.8 Å². The molecule has 1 saturated heterocycles. The highest BCUT2D eigenvalue weighted by Crippen LogP contribution is 2.30. The van der Waals surface area contributed by atoms with E-state index < -0.39 is 11.7 Å². The minimum absolute atomic E-state index is 0.193. The van der Waals surface area contributed by atoms with E-state index in [2.05, 4.69) is 5.32 Å². The third-order valence-corrected chi connectivity index (χ3v) is 3.96. The van der Waals surface area contributed by atoms with Gasteiger partial charge in [0.2, 0.25) is 0 Å². The van der Waals surface area contributed by atoms with Gasteiger partial charge in [-0.2, -0.15) is 13.2 Å². The molecule has 0 unspecified atom stereocenters. The number of carbonyl (C=O) groups excluding carboxylic acids is 1. The second-order valence-electron chi connectivity index (χ2n) is 5.51. The fourth-order valence-electron chi connectivity index (χ4n) is 2.65. The number of nitrogens with one attached hydrogen (secondary N) is 2. The van der Waals surface area contributed by atoms with E-state index in [1.54, 1.807) is 0 Å². The van der Waals surface area contributed by atoms with Gasteiger partial charge in [-0.15, -0.1) is 0 Å². The fourth-order valence-corrected chi connectivity index (χ4v) is 2.65. The summed E-state index contributed by atoms with van der Waals surface area (Å²) in [6.07, 6.45) is -1.02. The molecule has 0 aromatic heterocycles. The number of carbonyl (C=O) groups is 1. The Morgan fingerprint density at radius 3 is 2.52 bits per heavy atom. The molecule has 21 heavy (non-hydrogen) atoms. The molecule has 1 amide bonds. The van der Waals surface area contributed by atoms with Crippen LogP contribution in [0.15, 0.2) is 24.3 Å². The van der Waals surface area contributed by atoms with Crippen molar-refractivity contribution in [2.45, 2.75) is 38.4 Å². The van der Waals surface area contributed by atoms with Crippen molar-refractivity contribution >= 4 is 11.6 Å². The van der Waals surface area contributed by atoms with Crippen LogP contribution in [0, 0.1) is 0 Å². The quantitative estimate of drug-likeness (QED) is 0.881. The first-order chi connectivity index (χ1) is 9.88. The van der Waals surface area contributed by atoms with Crippen LogP contribution in [0.25, 0.3) is 0 Å². The monoisotopic (exact) mass is 301 g/mol. The van der Waals surface area contributed by atoms with Gasteiger partial charge >= 0.3 is 6.18 Å². The third-order valence-electron chi connectivity index (χ3n) is 3.96. The smallest absolute Gasteiger partial charge is 0.325 e. The highest BCUT2D eigenvalue weighted by atomic mass is 19.4. The summed E-state index contributed by atoms with van der Waals surface area (Å²) in [5.74, 6) is -0.230. The number of piperidine rings is 1. The number of quaternary nitrogens is 1. The number of hydrogen-bond donors (Lipinski definition) is 2. The van der Waals surface area contributed by atoms with Crippen molar-refractivity contribution in [3.8, 4) is 0 Å². The van der Waals surface area contributed by atoms with Gasteiger partial charge in [0.05, 0.1) is 18.7 Å². The Morgan fingerprint density at radius 1 is 1.24 bits per heavy atom. The van der Waals surface area contributed by atoms with E-state index in [0.29, 0.717) is 0 Å². The van der Waals surface area contributed by atoms with E-state index in [4.69, 9.17) is 0 Å². The Kier molecular flexibility index (Phi) is 4.88. The summed E-state index contributed by atoms with van der Waals surface area (Å²) in [7, 11) is 0. The lowest BCUT2D eigenvalue weighted by Crippen LogP contribution is -3.17. The van der Waals surface area contributed by atoms with Crippen molar-refractivity contribution in [1.82, 2.24) is 0 Å². The number of amides is 1. The maximum atomic E-state index is 12.6. The molecule has 1 heterocycles. The lowest BCUT2D eigenvalue weighted by atomic mass is 10.1. The van der Waals surface area contributed by atoms with Gasteiger partial charge in [-0.05, 0) is 44.4 Å². The highest BCUT2D eigenvalue weighted by molar-refractivity contribution is 5.93. The first kappa shape index (κ1) is 15.8. The number of alkyl halides is 3. The third kappa shape index (κ3) is 4.20. The number of anilines is 1. The molecular formula is C15H20F3N2O+. The van der Waals surface area contributed by atoms with Crippen LogP contribution in [0.5, 0.6) is 0 Å². The summed E-state index contributed by atoms with van der Waals surface area (Å²) in [5.41, 5.74) is -0.559. The number of hydrogen-bond acceptors (Lipinski definition) is 1. The lowest BCUT2D eigenvalue weighted by molar-refractivity contribution is -0.918. The van der Waals surface area contributed by atoms with Gasteiger partial charge in [0.1, 0.15) is 0 Å². The summed E-state index contributed by atoms with van der Waals surface area (Å²) in [6.45, 7) is 3.71. The average molecular weight is 301 g/mol. The van der Waals surface area contributed by atoms with Crippen molar-refractivity contribution in [1.29, 1.82) is 0 Å². The molecule has 2 rings (SSSR count). The number of likely N-dealkylation sites (tertiary alicyclic amines) is 1. The van der Waals surface area contributed by atoms with E-state index in [0.717, 1.165) is 38.1 Å². The summed E-state index contributed by atoms with van der Waals surface area (Å²) in [4.78, 5) is 13.4. The lowest BCUT2D eigenvalue weighted by Gasteiger charge is -2.28. The molecule has 1 fully saturated rings. The molecule has 3 nitrogen and oxygen atoms in total. The summed E-state index contributed by atoms with van der Waals surface area (Å²) >= 11 is 0. The second kappa shape index (κ2) is 6.47. The maximum Gasteiger partial charge on any atom is 0.416 e. The van der Waals surface area contributed by atoms with Crippen molar-refractivity contribution in [3.63, 3.8) is 0 Å². The van der Waals surface area contributed by atoms with Crippen LogP contribution >= 0.6 is 0 Å². The van der Waals surface area contributed by atoms with Gasteiger partial charge in [-0.3, -0.25) is 4.79 Å². The van der Waals surface area contributed by atoms with Crippen LogP contribution in [-0.4, -0.2) is 25.0 Å². The number of benzene rings is 1. The zero-order chi connectivity index (χ0) is 15.5. The molecule has 2 N–H and O–H groups in total. The Morgan fingerprint density at radius 2 is 1.90 bits per heavy atom. The minimum atomic E-state index is -4.40. The zero-order valence-electron chi connectivity index (χ0n) is 12.0. The summed E-state index contributed by atoms with van der Waals surface area (Å²) in [5, 5.41) is 2.59. The van der Waals surface area contributed by atoms with Gasteiger partial charge in [-0.25, -0.2) is 0 Å². The molecule has 1 aliphatic heterocycles. The Labute approximate surface area is 122 Å². The molecule has 6 heteroatoms. The van der Waals surface area contributed by atoms with Crippen LogP contribution in [0.1, 0.15) is 31.7 Å². The van der Waals surface area contributed by atoms with Gasteiger partial charge in [-0.1, -0.05) is 6.07 Å². The zero-order valence-corrected chi connectivity index (χ0v) is 12.0. The Bertz CT molecular complexity index is 496. The SMILES string of the molecule is C[C@@H](C(=O)Nc1cccc(C(F)(F)F)c1)[NH+]1CCCCC1. The standard InChI is InChI=1S/C15H19F3N2O/c1-11(20-8-3-2-4-9-20)14(21)19-13-7-5-6-12(10-13)15(16,17)18/h5-7,10-11H,2-4,8-9H2,1H3,(H,19,21)/p+1/t11-/m0/s1. The van der Waals surface area contributed by atoms with E-state index >= 15 is 0 Å². The minimum Gasteiger partial charge on any atom is -0.325 e. The van der Waals surface area contributed by atoms with Gasteiger partial charge in [0.25, 0.3) is 5.91 Å². The normalized spacial score (nSPS) is 18.3. The van der Waals surface area contributed by atoms with Gasteiger partial charge < -0.3 is 10.2 Å². The van der Waals surface area contributed by atoms with Gasteiger partial charge in [0.15, 0.2) is 6.04 Å². The second-order valence-corrected chi connectivity index (χ2v) is 5.51. The highest BCUT2D eigenvalue weighted by Gasteiger charge is 2.31. The van der Waals surface area contributed by atoms with Crippen LogP contribution in [0.2, 0.25) is 0 Å². The number of rotatable bonds is 3. The first-order valence-electron chi connectivity index (χ1n) is 7.20. The largest absolute Gasteiger partial charge is 0.416 e. The topological polar surface area (TPSA) is 33.5 Å². The fraction of sp³-hybridized carbons (Fsp3) is 0.533. The molecule has 1 aliphatic rings. The van der Waals surface area contributed by atoms with Crippen molar-refractivity contribution in [2.75, 3.05) is 18.4 Å². The van der Waals surface area contributed by atoms with Gasteiger partial charge in [0, 0.05) is 5.69 Å². The Balaban J connectivity index is 2.02. The van der Waals surface area contributed by atoms with E-state index in [1.807, 2.05) is 6.92 Å². The molecule has 1 aromatic carbocycles. The molecular weight excluding hydrogens is 281 g/mol. The maximum absolute atomic E-state index is 12.6. The Hall–Kier alpha value is -1.56. The van der Waals surface area contributed by atoms with Crippen molar-refractivity contribution in [2.24, 2.45) is 0 Å². The molecule has 1 aromatic rings. The predicted molar refractivity (Wildman–Crippen MR) is 74.1 cm³/mol. The molecule has 0 saturated carbocycles. The van der Waals surface area contributed by atoms with E-state index in [9.17, 15) is 18.0 Å². The summed E-state index contributed by atoms with van der Waals surface area (Å²) in [6, 6.07) is 4.49. The molecule has 0 radical (unpaired) electrons. The molecule has 0 spiro atoms. The van der Waals surface area contributed by atoms with Crippen molar-refractivity contribution < 1.29 is 22.9 Å². The molecule has 0 aliphatic carbocycles. The number of halogens is 3.